The van der Waals surface area contributed by atoms with Crippen LogP contribution in [0.2, 0.25) is 0 Å². The Kier molecular flexibility index (Phi) is 5.50. The monoisotopic (exact) mass is 284 g/mol. The Bertz CT molecular complexity index is 522. The molecule has 0 radical (unpaired) electrons. The minimum absolute atomic E-state index is 0.0563. The van der Waals surface area contributed by atoms with E-state index in [4.69, 9.17) is 0 Å². The quantitative estimate of drug-likeness (QED) is 0.793. The first-order valence-corrected chi connectivity index (χ1v) is 7.65. The number of carboxylic acids is 1. The fourth-order valence-corrected chi connectivity index (χ4v) is 2.82. The number of carbonyl (C=O) groups is 1. The summed E-state index contributed by atoms with van der Waals surface area (Å²) in [6.07, 6.45) is 1.63. The third kappa shape index (κ3) is 4.65. The van der Waals surface area contributed by atoms with Gasteiger partial charge in [-0.2, -0.15) is 0 Å². The van der Waals surface area contributed by atoms with Gasteiger partial charge in [-0.3, -0.25) is 0 Å². The number of unbranched alkanes of at least 4 members (excludes halogenated alkanes) is 1. The molecule has 19 heavy (non-hydrogen) atoms. The largest absolute Gasteiger partial charge is 0.548 e. The summed E-state index contributed by atoms with van der Waals surface area (Å²) in [5, 5.41) is 10.9. The normalized spacial score (nSPS) is 13.2. The summed E-state index contributed by atoms with van der Waals surface area (Å²) < 4.78 is 26.2. The lowest BCUT2D eigenvalue weighted by atomic mass is 10.1. The van der Waals surface area contributed by atoms with Crippen molar-refractivity contribution in [1.29, 1.82) is 0 Å². The van der Waals surface area contributed by atoms with Gasteiger partial charge in [-0.25, -0.2) is 13.1 Å². The van der Waals surface area contributed by atoms with Crippen molar-refractivity contribution >= 4 is 16.0 Å². The van der Waals surface area contributed by atoms with Gasteiger partial charge in [0.1, 0.15) is 0 Å². The zero-order valence-corrected chi connectivity index (χ0v) is 11.9. The second kappa shape index (κ2) is 6.68. The number of benzene rings is 1. The van der Waals surface area contributed by atoms with Gasteiger partial charge in [-0.15, -0.1) is 0 Å². The van der Waals surface area contributed by atoms with Crippen LogP contribution in [0.15, 0.2) is 29.2 Å². The number of carboxylic acid groups (broad SMARTS) is 1. The summed E-state index contributed by atoms with van der Waals surface area (Å²) in [4.78, 5) is 11.0. The van der Waals surface area contributed by atoms with Crippen molar-refractivity contribution in [1.82, 2.24) is 4.72 Å². The molecule has 0 saturated heterocycles. The first kappa shape index (κ1) is 15.7. The van der Waals surface area contributed by atoms with Crippen molar-refractivity contribution in [2.45, 2.75) is 44.0 Å². The maximum absolute atomic E-state index is 12.0. The third-order valence-corrected chi connectivity index (χ3v) is 4.25. The van der Waals surface area contributed by atoms with E-state index in [9.17, 15) is 18.3 Å². The summed E-state index contributed by atoms with van der Waals surface area (Å²) in [7, 11) is -3.82. The van der Waals surface area contributed by atoms with Crippen molar-refractivity contribution in [2.75, 3.05) is 0 Å². The number of carbonyl (C=O) groups excluding carboxylic acids is 1. The molecule has 1 atom stereocenters. The first-order chi connectivity index (χ1) is 8.86. The summed E-state index contributed by atoms with van der Waals surface area (Å²) in [6.45, 7) is 3.75. The SMILES string of the molecule is CCCC[C@H](NS(=O)(=O)c1ccc(C)cc1)C(=O)[O-]. The predicted molar refractivity (Wildman–Crippen MR) is 69.8 cm³/mol. The number of rotatable bonds is 7. The van der Waals surface area contributed by atoms with Gasteiger partial charge in [0.25, 0.3) is 0 Å². The Morgan fingerprint density at radius 2 is 1.89 bits per heavy atom. The van der Waals surface area contributed by atoms with Gasteiger partial charge in [0.2, 0.25) is 10.0 Å². The Morgan fingerprint density at radius 3 is 2.37 bits per heavy atom. The highest BCUT2D eigenvalue weighted by Crippen LogP contribution is 2.12. The van der Waals surface area contributed by atoms with E-state index in [0.717, 1.165) is 12.0 Å². The average molecular weight is 284 g/mol. The minimum Gasteiger partial charge on any atom is -0.548 e. The lowest BCUT2D eigenvalue weighted by molar-refractivity contribution is -0.308. The molecule has 106 valence electrons. The molecule has 0 heterocycles. The third-order valence-electron chi connectivity index (χ3n) is 2.76. The second-order valence-electron chi connectivity index (χ2n) is 4.45. The zero-order chi connectivity index (χ0) is 14.5. The van der Waals surface area contributed by atoms with E-state index in [1.54, 1.807) is 12.1 Å². The van der Waals surface area contributed by atoms with E-state index in [-0.39, 0.29) is 11.3 Å². The number of aryl methyl sites for hydroxylation is 1. The molecule has 0 aromatic heterocycles. The van der Waals surface area contributed by atoms with Crippen molar-refractivity contribution in [3.05, 3.63) is 29.8 Å². The summed E-state index contributed by atoms with van der Waals surface area (Å²) in [5.74, 6) is -1.40. The van der Waals surface area contributed by atoms with Gasteiger partial charge in [0, 0.05) is 0 Å². The van der Waals surface area contributed by atoms with Crippen LogP contribution >= 0.6 is 0 Å². The van der Waals surface area contributed by atoms with Gasteiger partial charge in [-0.1, -0.05) is 37.5 Å². The molecule has 0 saturated carbocycles. The molecule has 0 spiro atoms. The van der Waals surface area contributed by atoms with Crippen LogP contribution in [-0.4, -0.2) is 20.4 Å². The van der Waals surface area contributed by atoms with E-state index in [1.165, 1.54) is 12.1 Å². The summed E-state index contributed by atoms with van der Waals surface area (Å²) >= 11 is 0. The van der Waals surface area contributed by atoms with E-state index in [1.807, 2.05) is 13.8 Å². The van der Waals surface area contributed by atoms with Crippen LogP contribution in [0.3, 0.4) is 0 Å². The fraction of sp³-hybridized carbons (Fsp3) is 0.462. The highest BCUT2D eigenvalue weighted by Gasteiger charge is 2.20. The van der Waals surface area contributed by atoms with Crippen LogP contribution in [0.5, 0.6) is 0 Å². The number of aliphatic carboxylic acids is 1. The highest BCUT2D eigenvalue weighted by molar-refractivity contribution is 7.89. The Hall–Kier alpha value is -1.40. The van der Waals surface area contributed by atoms with Crippen LogP contribution in [0.4, 0.5) is 0 Å². The lowest BCUT2D eigenvalue weighted by Gasteiger charge is -2.19. The maximum atomic E-state index is 12.0. The van der Waals surface area contributed by atoms with E-state index < -0.39 is 22.0 Å². The van der Waals surface area contributed by atoms with Crippen molar-refractivity contribution in [2.24, 2.45) is 0 Å². The topological polar surface area (TPSA) is 86.3 Å². The lowest BCUT2D eigenvalue weighted by Crippen LogP contribution is -2.47. The van der Waals surface area contributed by atoms with Crippen LogP contribution in [0.1, 0.15) is 31.7 Å². The molecular weight excluding hydrogens is 266 g/mol. The molecule has 1 N–H and O–H groups in total. The Morgan fingerprint density at radius 1 is 1.32 bits per heavy atom. The Balaban J connectivity index is 2.87. The predicted octanol–water partition coefficient (Wildman–Crippen LogP) is 0.582. The fourth-order valence-electron chi connectivity index (χ4n) is 1.61. The van der Waals surface area contributed by atoms with Gasteiger partial charge in [0.05, 0.1) is 16.9 Å². The minimum atomic E-state index is -3.82. The molecule has 1 rings (SSSR count). The van der Waals surface area contributed by atoms with Crippen molar-refractivity contribution in [3.8, 4) is 0 Å². The molecule has 0 fully saturated rings. The smallest absolute Gasteiger partial charge is 0.241 e. The molecule has 0 aliphatic heterocycles. The van der Waals surface area contributed by atoms with Crippen molar-refractivity contribution in [3.63, 3.8) is 0 Å². The van der Waals surface area contributed by atoms with Crippen LogP contribution < -0.4 is 9.83 Å². The average Bonchev–Trinajstić information content (AvgIpc) is 2.34. The number of hydrogen-bond acceptors (Lipinski definition) is 4. The summed E-state index contributed by atoms with van der Waals surface area (Å²) in [5.41, 5.74) is 0.932. The summed E-state index contributed by atoms with van der Waals surface area (Å²) in [6, 6.07) is 5.03. The van der Waals surface area contributed by atoms with Crippen molar-refractivity contribution < 1.29 is 18.3 Å². The molecule has 0 aliphatic carbocycles. The molecule has 6 heteroatoms. The Labute approximate surface area is 113 Å². The molecular formula is C13H18NO4S-. The number of nitrogens with one attached hydrogen (secondary N) is 1. The number of sulfonamides is 1. The molecule has 1 aromatic rings. The van der Waals surface area contributed by atoms with E-state index >= 15 is 0 Å². The van der Waals surface area contributed by atoms with Gasteiger partial charge in [-0.05, 0) is 25.5 Å². The molecule has 1 aromatic carbocycles. The molecule has 0 aliphatic rings. The van der Waals surface area contributed by atoms with Crippen LogP contribution in [0, 0.1) is 6.92 Å². The van der Waals surface area contributed by atoms with Gasteiger partial charge in [0.15, 0.2) is 0 Å². The highest BCUT2D eigenvalue weighted by atomic mass is 32.2. The van der Waals surface area contributed by atoms with E-state index in [0.29, 0.717) is 6.42 Å². The van der Waals surface area contributed by atoms with Gasteiger partial charge >= 0.3 is 0 Å². The first-order valence-electron chi connectivity index (χ1n) is 6.16. The zero-order valence-electron chi connectivity index (χ0n) is 11.0. The molecule has 5 nitrogen and oxygen atoms in total. The molecule has 0 bridgehead atoms. The number of hydrogen-bond donors (Lipinski definition) is 1. The maximum Gasteiger partial charge on any atom is 0.241 e. The van der Waals surface area contributed by atoms with E-state index in [2.05, 4.69) is 4.72 Å². The molecule has 0 amide bonds. The standard InChI is InChI=1S/C13H19NO4S/c1-3-4-5-12(13(15)16)14-19(17,18)11-8-6-10(2)7-9-11/h6-9,12,14H,3-5H2,1-2H3,(H,15,16)/p-1/t12-/m0/s1. The second-order valence-corrected chi connectivity index (χ2v) is 6.16. The van der Waals surface area contributed by atoms with Crippen LogP contribution in [-0.2, 0) is 14.8 Å². The van der Waals surface area contributed by atoms with Crippen LogP contribution in [0.25, 0.3) is 0 Å². The van der Waals surface area contributed by atoms with Gasteiger partial charge < -0.3 is 9.90 Å². The molecule has 0 unspecified atom stereocenters.